The Labute approximate surface area is 57.6 Å². The summed E-state index contributed by atoms with van der Waals surface area (Å²) in [6.07, 6.45) is -1.03. The van der Waals surface area contributed by atoms with Crippen LogP contribution in [0.3, 0.4) is 0 Å². The molecule has 10 heavy (non-hydrogen) atoms. The number of carbonyl (C=O) groups is 1. The van der Waals surface area contributed by atoms with Crippen LogP contribution >= 0.6 is 0 Å². The van der Waals surface area contributed by atoms with Crippen LogP contribution in [0.25, 0.3) is 0 Å². The predicted molar refractivity (Wildman–Crippen MR) is 31.8 cm³/mol. The molecule has 0 saturated carbocycles. The van der Waals surface area contributed by atoms with Gasteiger partial charge in [-0.15, -0.1) is 0 Å². The van der Waals surface area contributed by atoms with Gasteiger partial charge in [-0.2, -0.15) is 0 Å². The standard InChI is InChI=1S/C6H9F2NO/c7-6(8)4-2-1-3-5(10)9-4/h4,6H,1-3H2,(H,9,10)/t4-/m1/s1. The number of carbonyl (C=O) groups excluding carboxylic acids is 1. The summed E-state index contributed by atoms with van der Waals surface area (Å²) in [7, 11) is 0. The van der Waals surface area contributed by atoms with Crippen molar-refractivity contribution in [2.75, 3.05) is 0 Å². The van der Waals surface area contributed by atoms with Gasteiger partial charge in [-0.05, 0) is 12.8 Å². The summed E-state index contributed by atoms with van der Waals surface area (Å²) in [6.45, 7) is 0. The van der Waals surface area contributed by atoms with E-state index in [0.29, 0.717) is 19.3 Å². The number of amides is 1. The number of rotatable bonds is 1. The molecular formula is C6H9F2NO. The van der Waals surface area contributed by atoms with Crippen LogP contribution < -0.4 is 5.32 Å². The number of halogens is 2. The molecule has 1 heterocycles. The zero-order valence-corrected chi connectivity index (χ0v) is 5.44. The molecule has 1 rings (SSSR count). The van der Waals surface area contributed by atoms with E-state index in [9.17, 15) is 13.6 Å². The maximum Gasteiger partial charge on any atom is 0.258 e. The Hall–Kier alpha value is -0.670. The smallest absolute Gasteiger partial charge is 0.258 e. The highest BCUT2D eigenvalue weighted by molar-refractivity contribution is 5.76. The molecule has 0 aromatic heterocycles. The first kappa shape index (κ1) is 7.44. The van der Waals surface area contributed by atoms with Crippen molar-refractivity contribution in [3.8, 4) is 0 Å². The molecule has 0 aromatic carbocycles. The summed E-state index contributed by atoms with van der Waals surface area (Å²) in [6, 6.07) is -0.902. The zero-order chi connectivity index (χ0) is 7.56. The second-order valence-corrected chi connectivity index (χ2v) is 2.40. The van der Waals surface area contributed by atoms with Crippen molar-refractivity contribution in [1.29, 1.82) is 0 Å². The average Bonchev–Trinajstić information content (AvgIpc) is 1.88. The lowest BCUT2D eigenvalue weighted by Gasteiger charge is -2.21. The molecule has 0 spiro atoms. The largest absolute Gasteiger partial charge is 0.348 e. The minimum Gasteiger partial charge on any atom is -0.348 e. The lowest BCUT2D eigenvalue weighted by Crippen LogP contribution is -2.43. The molecule has 1 atom stereocenters. The van der Waals surface area contributed by atoms with Crippen molar-refractivity contribution >= 4 is 5.91 Å². The first-order valence-electron chi connectivity index (χ1n) is 3.27. The van der Waals surface area contributed by atoms with Gasteiger partial charge in [-0.1, -0.05) is 0 Å². The first-order valence-corrected chi connectivity index (χ1v) is 3.27. The first-order chi connectivity index (χ1) is 4.70. The van der Waals surface area contributed by atoms with Crippen LogP contribution in [0.5, 0.6) is 0 Å². The van der Waals surface area contributed by atoms with Crippen LogP contribution in [-0.2, 0) is 4.79 Å². The fourth-order valence-corrected chi connectivity index (χ4v) is 1.02. The van der Waals surface area contributed by atoms with Crippen molar-refractivity contribution in [3.63, 3.8) is 0 Å². The van der Waals surface area contributed by atoms with E-state index in [1.54, 1.807) is 0 Å². The summed E-state index contributed by atoms with van der Waals surface area (Å²) in [5, 5.41) is 2.23. The van der Waals surface area contributed by atoms with Crippen molar-refractivity contribution < 1.29 is 13.6 Å². The predicted octanol–water partition coefficient (Wildman–Crippen LogP) is 0.920. The zero-order valence-electron chi connectivity index (χ0n) is 5.44. The Morgan fingerprint density at radius 1 is 1.60 bits per heavy atom. The molecule has 0 radical (unpaired) electrons. The number of hydrogen-bond acceptors (Lipinski definition) is 1. The lowest BCUT2D eigenvalue weighted by atomic mass is 10.1. The molecule has 1 amide bonds. The number of hydrogen-bond donors (Lipinski definition) is 1. The van der Waals surface area contributed by atoms with Gasteiger partial charge >= 0.3 is 0 Å². The quantitative estimate of drug-likeness (QED) is 0.590. The highest BCUT2D eigenvalue weighted by Gasteiger charge is 2.25. The number of piperidine rings is 1. The maximum atomic E-state index is 11.9. The third-order valence-electron chi connectivity index (χ3n) is 1.57. The van der Waals surface area contributed by atoms with Crippen LogP contribution in [-0.4, -0.2) is 18.4 Å². The Kier molecular flexibility index (Phi) is 2.19. The second kappa shape index (κ2) is 2.94. The summed E-state index contributed by atoms with van der Waals surface area (Å²) in [5.74, 6) is -0.253. The van der Waals surface area contributed by atoms with Crippen LogP contribution in [0.15, 0.2) is 0 Å². The molecule has 2 nitrogen and oxygen atoms in total. The molecule has 1 aliphatic rings. The van der Waals surface area contributed by atoms with Gasteiger partial charge in [0.25, 0.3) is 6.43 Å². The molecule has 0 aromatic rings. The van der Waals surface area contributed by atoms with E-state index in [0.717, 1.165) is 0 Å². The van der Waals surface area contributed by atoms with E-state index in [2.05, 4.69) is 5.32 Å². The molecule has 0 aliphatic carbocycles. The van der Waals surface area contributed by atoms with Crippen molar-refractivity contribution in [2.45, 2.75) is 31.7 Å². The molecule has 1 aliphatic heterocycles. The van der Waals surface area contributed by atoms with Crippen molar-refractivity contribution in [2.24, 2.45) is 0 Å². The molecule has 0 bridgehead atoms. The van der Waals surface area contributed by atoms with Crippen LogP contribution in [0.2, 0.25) is 0 Å². The third-order valence-corrected chi connectivity index (χ3v) is 1.57. The number of alkyl halides is 2. The van der Waals surface area contributed by atoms with Gasteiger partial charge in [0.1, 0.15) is 0 Å². The highest BCUT2D eigenvalue weighted by atomic mass is 19.3. The van der Waals surface area contributed by atoms with Gasteiger partial charge in [0.2, 0.25) is 5.91 Å². The van der Waals surface area contributed by atoms with Crippen LogP contribution in [0, 0.1) is 0 Å². The Morgan fingerprint density at radius 3 is 2.70 bits per heavy atom. The van der Waals surface area contributed by atoms with E-state index in [1.807, 2.05) is 0 Å². The van der Waals surface area contributed by atoms with Gasteiger partial charge < -0.3 is 5.32 Å². The fourth-order valence-electron chi connectivity index (χ4n) is 1.02. The minimum absolute atomic E-state index is 0.253. The molecular weight excluding hydrogens is 140 g/mol. The molecule has 4 heteroatoms. The highest BCUT2D eigenvalue weighted by Crippen LogP contribution is 2.13. The van der Waals surface area contributed by atoms with E-state index in [1.165, 1.54) is 0 Å². The van der Waals surface area contributed by atoms with Gasteiger partial charge in [0, 0.05) is 6.42 Å². The Morgan fingerprint density at radius 2 is 2.30 bits per heavy atom. The molecule has 1 saturated heterocycles. The van der Waals surface area contributed by atoms with E-state index in [4.69, 9.17) is 0 Å². The summed E-state index contributed by atoms with van der Waals surface area (Å²) >= 11 is 0. The average molecular weight is 149 g/mol. The molecule has 1 fully saturated rings. The van der Waals surface area contributed by atoms with Gasteiger partial charge in [0.15, 0.2) is 0 Å². The normalized spacial score (nSPS) is 26.7. The molecule has 58 valence electrons. The van der Waals surface area contributed by atoms with E-state index < -0.39 is 12.5 Å². The lowest BCUT2D eigenvalue weighted by molar-refractivity contribution is -0.124. The van der Waals surface area contributed by atoms with Gasteiger partial charge in [0.05, 0.1) is 6.04 Å². The van der Waals surface area contributed by atoms with E-state index >= 15 is 0 Å². The van der Waals surface area contributed by atoms with Gasteiger partial charge in [-0.25, -0.2) is 8.78 Å². The second-order valence-electron chi connectivity index (χ2n) is 2.40. The summed E-state index contributed by atoms with van der Waals surface area (Å²) in [4.78, 5) is 10.5. The van der Waals surface area contributed by atoms with Crippen LogP contribution in [0.4, 0.5) is 8.78 Å². The van der Waals surface area contributed by atoms with Crippen LogP contribution in [0.1, 0.15) is 19.3 Å². The Bertz CT molecular complexity index is 138. The monoisotopic (exact) mass is 149 g/mol. The molecule has 0 unspecified atom stereocenters. The summed E-state index contributed by atoms with van der Waals surface area (Å²) in [5.41, 5.74) is 0. The van der Waals surface area contributed by atoms with Crippen molar-refractivity contribution in [1.82, 2.24) is 5.32 Å². The van der Waals surface area contributed by atoms with Crippen molar-refractivity contribution in [3.05, 3.63) is 0 Å². The Balaban J connectivity index is 2.39. The van der Waals surface area contributed by atoms with E-state index in [-0.39, 0.29) is 5.91 Å². The van der Waals surface area contributed by atoms with Gasteiger partial charge in [-0.3, -0.25) is 4.79 Å². The summed E-state index contributed by atoms with van der Waals surface area (Å²) < 4.78 is 23.8. The third kappa shape index (κ3) is 1.65. The maximum absolute atomic E-state index is 11.9. The topological polar surface area (TPSA) is 29.1 Å². The SMILES string of the molecule is O=C1CCC[C@H](C(F)F)N1. The fraction of sp³-hybridized carbons (Fsp3) is 0.833. The minimum atomic E-state index is -2.41. The molecule has 1 N–H and O–H groups in total. The number of nitrogens with one attached hydrogen (secondary N) is 1.